The van der Waals surface area contributed by atoms with Crippen LogP contribution in [0, 0.1) is 12.8 Å². The minimum absolute atomic E-state index is 0.205. The topological polar surface area (TPSA) is 61.4 Å². The highest BCUT2D eigenvalue weighted by molar-refractivity contribution is 7.11. The van der Waals surface area contributed by atoms with Crippen molar-refractivity contribution in [1.82, 2.24) is 25.3 Å². The molecule has 3 heterocycles. The van der Waals surface area contributed by atoms with Gasteiger partial charge in [0.1, 0.15) is 10.0 Å². The molecule has 1 aromatic rings. The Labute approximate surface area is 154 Å². The lowest BCUT2D eigenvalue weighted by Gasteiger charge is -2.41. The summed E-state index contributed by atoms with van der Waals surface area (Å²) >= 11 is 1.70. The Morgan fingerprint density at radius 3 is 2.64 bits per heavy atom. The lowest BCUT2D eigenvalue weighted by atomic mass is 9.93. The molecule has 0 unspecified atom stereocenters. The van der Waals surface area contributed by atoms with Crippen molar-refractivity contribution in [2.24, 2.45) is 5.92 Å². The van der Waals surface area contributed by atoms with Gasteiger partial charge in [0.25, 0.3) is 0 Å². The van der Waals surface area contributed by atoms with Crippen LogP contribution >= 0.6 is 11.3 Å². The number of amides is 1. The van der Waals surface area contributed by atoms with Gasteiger partial charge in [-0.15, -0.1) is 21.5 Å². The Bertz CT molecular complexity index is 594. The molecule has 138 valence electrons. The number of nitrogens with one attached hydrogen (secondary N) is 1. The van der Waals surface area contributed by atoms with Gasteiger partial charge in [-0.2, -0.15) is 0 Å². The molecule has 25 heavy (non-hydrogen) atoms. The number of hydrogen-bond acceptors (Lipinski definition) is 6. The van der Waals surface area contributed by atoms with Gasteiger partial charge in [0.15, 0.2) is 0 Å². The Balaban J connectivity index is 1.24. The first-order valence-corrected chi connectivity index (χ1v) is 10.5. The predicted octanol–water partition coefficient (Wildman–Crippen LogP) is 1.80. The van der Waals surface area contributed by atoms with Crippen molar-refractivity contribution in [2.45, 2.75) is 64.1 Å². The quantitative estimate of drug-likeness (QED) is 0.864. The number of carbonyl (C=O) groups is 1. The number of aromatic nitrogens is 2. The first kappa shape index (κ1) is 17.4. The minimum Gasteiger partial charge on any atom is -0.353 e. The van der Waals surface area contributed by atoms with Gasteiger partial charge in [-0.05, 0) is 52.0 Å². The van der Waals surface area contributed by atoms with E-state index in [4.69, 9.17) is 0 Å². The molecule has 6 nitrogen and oxygen atoms in total. The zero-order valence-corrected chi connectivity index (χ0v) is 15.9. The number of aryl methyl sites for hydroxylation is 1. The minimum atomic E-state index is 0.205. The summed E-state index contributed by atoms with van der Waals surface area (Å²) < 4.78 is 0. The van der Waals surface area contributed by atoms with E-state index >= 15 is 0 Å². The van der Waals surface area contributed by atoms with Gasteiger partial charge in [0, 0.05) is 31.7 Å². The first-order valence-electron chi connectivity index (χ1n) is 9.73. The first-order chi connectivity index (χ1) is 12.2. The molecular weight excluding hydrogens is 334 g/mol. The zero-order valence-electron chi connectivity index (χ0n) is 15.1. The highest BCUT2D eigenvalue weighted by Gasteiger charge is 2.33. The van der Waals surface area contributed by atoms with Crippen LogP contribution < -0.4 is 5.32 Å². The number of piperidine rings is 2. The van der Waals surface area contributed by atoms with Gasteiger partial charge in [-0.25, -0.2) is 0 Å². The van der Waals surface area contributed by atoms with E-state index in [1.807, 2.05) is 6.92 Å². The van der Waals surface area contributed by atoms with E-state index in [9.17, 15) is 4.79 Å². The average Bonchev–Trinajstić information content (AvgIpc) is 3.35. The second kappa shape index (κ2) is 7.68. The average molecular weight is 364 g/mol. The molecule has 7 heteroatoms. The summed E-state index contributed by atoms with van der Waals surface area (Å²) in [5.41, 5.74) is 0. The normalized spacial score (nSPS) is 26.7. The van der Waals surface area contributed by atoms with E-state index in [1.54, 1.807) is 11.3 Å². The van der Waals surface area contributed by atoms with E-state index in [1.165, 1.54) is 25.7 Å². The Hall–Kier alpha value is -1.05. The number of rotatable bonds is 5. The van der Waals surface area contributed by atoms with Crippen LogP contribution in [-0.4, -0.2) is 64.2 Å². The molecule has 1 aromatic heterocycles. The second-order valence-corrected chi connectivity index (χ2v) is 9.11. The highest BCUT2D eigenvalue weighted by Crippen LogP contribution is 2.26. The van der Waals surface area contributed by atoms with Crippen LogP contribution in [0.1, 0.15) is 48.5 Å². The Kier molecular flexibility index (Phi) is 5.33. The molecule has 2 aliphatic heterocycles. The Morgan fingerprint density at radius 1 is 1.16 bits per heavy atom. The van der Waals surface area contributed by atoms with Crippen LogP contribution in [0.25, 0.3) is 0 Å². The third-order valence-electron chi connectivity index (χ3n) is 5.75. The standard InChI is InChI=1S/C18H29N5OS/c1-13-20-21-17(25-13)12-22-9-6-16(7-10-22)23-8-2-3-14(11-23)18(24)19-15-4-5-15/h14-16H,2-12H2,1H3,(H,19,24)/t14-/m1/s1. The van der Waals surface area contributed by atoms with E-state index < -0.39 is 0 Å². The van der Waals surface area contributed by atoms with Crippen molar-refractivity contribution >= 4 is 17.2 Å². The lowest BCUT2D eigenvalue weighted by Crippen LogP contribution is -2.50. The molecule has 0 spiro atoms. The van der Waals surface area contributed by atoms with Crippen LogP contribution in [0.2, 0.25) is 0 Å². The number of hydrogen-bond donors (Lipinski definition) is 1. The van der Waals surface area contributed by atoms with Crippen LogP contribution in [0.3, 0.4) is 0 Å². The molecule has 2 saturated heterocycles. The summed E-state index contributed by atoms with van der Waals surface area (Å²) in [7, 11) is 0. The molecule has 0 aromatic carbocycles. The van der Waals surface area contributed by atoms with Crippen molar-refractivity contribution < 1.29 is 4.79 Å². The largest absolute Gasteiger partial charge is 0.353 e. The maximum atomic E-state index is 12.4. The van der Waals surface area contributed by atoms with Crippen molar-refractivity contribution in [1.29, 1.82) is 0 Å². The summed E-state index contributed by atoms with van der Waals surface area (Å²) in [5, 5.41) is 13.7. The number of nitrogens with zero attached hydrogens (tertiary/aromatic N) is 4. The predicted molar refractivity (Wildman–Crippen MR) is 98.4 cm³/mol. The molecule has 4 rings (SSSR count). The van der Waals surface area contributed by atoms with Crippen molar-refractivity contribution in [3.8, 4) is 0 Å². The van der Waals surface area contributed by atoms with Crippen molar-refractivity contribution in [3.63, 3.8) is 0 Å². The fourth-order valence-electron chi connectivity index (χ4n) is 4.13. The van der Waals surface area contributed by atoms with Crippen LogP contribution in [0.15, 0.2) is 0 Å². The number of carbonyl (C=O) groups excluding carboxylic acids is 1. The molecule has 0 radical (unpaired) electrons. The van der Waals surface area contributed by atoms with Gasteiger partial charge < -0.3 is 5.32 Å². The fraction of sp³-hybridized carbons (Fsp3) is 0.833. The molecule has 1 N–H and O–H groups in total. The van der Waals surface area contributed by atoms with Crippen LogP contribution in [0.4, 0.5) is 0 Å². The van der Waals surface area contributed by atoms with E-state index in [-0.39, 0.29) is 5.92 Å². The maximum Gasteiger partial charge on any atom is 0.224 e. The third-order valence-corrected chi connectivity index (χ3v) is 6.57. The SMILES string of the molecule is Cc1nnc(CN2CCC(N3CCC[C@@H](C(=O)NC4CC4)C3)CC2)s1. The monoisotopic (exact) mass is 363 g/mol. The summed E-state index contributed by atoms with van der Waals surface area (Å²) in [6.45, 7) is 7.31. The van der Waals surface area contributed by atoms with Crippen molar-refractivity contribution in [3.05, 3.63) is 10.0 Å². The van der Waals surface area contributed by atoms with Gasteiger partial charge in [-0.1, -0.05) is 0 Å². The Morgan fingerprint density at radius 2 is 1.96 bits per heavy atom. The van der Waals surface area contributed by atoms with Crippen molar-refractivity contribution in [2.75, 3.05) is 26.2 Å². The van der Waals surface area contributed by atoms with E-state index in [0.29, 0.717) is 18.0 Å². The number of likely N-dealkylation sites (tertiary alicyclic amines) is 2. The molecule has 1 aliphatic carbocycles. The summed E-state index contributed by atoms with van der Waals surface area (Å²) in [4.78, 5) is 17.5. The van der Waals surface area contributed by atoms with Crippen LogP contribution in [-0.2, 0) is 11.3 Å². The van der Waals surface area contributed by atoms with Gasteiger partial charge in [-0.3, -0.25) is 14.6 Å². The second-order valence-electron chi connectivity index (χ2n) is 7.84. The summed E-state index contributed by atoms with van der Waals surface area (Å²) in [6.07, 6.45) is 6.98. The molecule has 0 bridgehead atoms. The zero-order chi connectivity index (χ0) is 17.2. The summed E-state index contributed by atoms with van der Waals surface area (Å²) in [6, 6.07) is 1.12. The van der Waals surface area contributed by atoms with Gasteiger partial charge >= 0.3 is 0 Å². The highest BCUT2D eigenvalue weighted by atomic mass is 32.1. The molecule has 1 amide bonds. The lowest BCUT2D eigenvalue weighted by molar-refractivity contribution is -0.127. The van der Waals surface area contributed by atoms with E-state index in [0.717, 1.165) is 55.6 Å². The van der Waals surface area contributed by atoms with Crippen LogP contribution in [0.5, 0.6) is 0 Å². The molecule has 3 aliphatic rings. The smallest absolute Gasteiger partial charge is 0.224 e. The fourth-order valence-corrected chi connectivity index (χ4v) is 4.89. The molecular formula is C18H29N5OS. The molecule has 1 saturated carbocycles. The summed E-state index contributed by atoms with van der Waals surface area (Å²) in [5.74, 6) is 0.507. The molecule has 1 atom stereocenters. The third kappa shape index (κ3) is 4.57. The maximum absolute atomic E-state index is 12.4. The molecule has 3 fully saturated rings. The van der Waals surface area contributed by atoms with Gasteiger partial charge in [0.05, 0.1) is 12.5 Å². The van der Waals surface area contributed by atoms with Gasteiger partial charge in [0.2, 0.25) is 5.91 Å². The van der Waals surface area contributed by atoms with E-state index in [2.05, 4.69) is 25.3 Å².